The van der Waals surface area contributed by atoms with Crippen LogP contribution in [0.3, 0.4) is 0 Å². The molecule has 0 radical (unpaired) electrons. The van der Waals surface area contributed by atoms with E-state index in [1.165, 1.54) is 12.8 Å². The van der Waals surface area contributed by atoms with Gasteiger partial charge in [-0.15, -0.1) is 0 Å². The molecule has 3 rings (SSSR count). The molecule has 2 heterocycles. The summed E-state index contributed by atoms with van der Waals surface area (Å²) in [7, 11) is 0. The number of fused-ring (bicyclic) bond motifs is 1. The maximum Gasteiger partial charge on any atom is 0.154 e. The van der Waals surface area contributed by atoms with Crippen LogP contribution in [0, 0.1) is 0 Å². The molecule has 2 aliphatic rings. The highest BCUT2D eigenvalue weighted by Gasteiger charge is 2.31. The van der Waals surface area contributed by atoms with Crippen LogP contribution in [0.1, 0.15) is 49.2 Å². The SMILES string of the molecule is OCC1CCCn2nc(C3CC3)nc21. The van der Waals surface area contributed by atoms with Gasteiger partial charge in [-0.2, -0.15) is 5.10 Å². The summed E-state index contributed by atoms with van der Waals surface area (Å²) >= 11 is 0. The monoisotopic (exact) mass is 193 g/mol. The molecular weight excluding hydrogens is 178 g/mol. The van der Waals surface area contributed by atoms with Crippen molar-refractivity contribution in [2.45, 2.75) is 44.1 Å². The summed E-state index contributed by atoms with van der Waals surface area (Å²) in [6.07, 6.45) is 4.66. The molecule has 76 valence electrons. The van der Waals surface area contributed by atoms with E-state index in [2.05, 4.69) is 10.1 Å². The van der Waals surface area contributed by atoms with Crippen LogP contribution in [0.5, 0.6) is 0 Å². The van der Waals surface area contributed by atoms with Gasteiger partial charge in [0, 0.05) is 18.4 Å². The molecule has 1 N–H and O–H groups in total. The fourth-order valence-electron chi connectivity index (χ4n) is 2.14. The van der Waals surface area contributed by atoms with Crippen molar-refractivity contribution in [2.75, 3.05) is 6.61 Å². The normalized spacial score (nSPS) is 26.2. The van der Waals surface area contributed by atoms with E-state index in [0.29, 0.717) is 5.92 Å². The lowest BCUT2D eigenvalue weighted by Gasteiger charge is -2.19. The van der Waals surface area contributed by atoms with Crippen LogP contribution < -0.4 is 0 Å². The van der Waals surface area contributed by atoms with Crippen LogP contribution in [-0.4, -0.2) is 26.5 Å². The minimum atomic E-state index is 0.211. The van der Waals surface area contributed by atoms with Gasteiger partial charge in [0.2, 0.25) is 0 Å². The average molecular weight is 193 g/mol. The fraction of sp³-hybridized carbons (Fsp3) is 0.800. The van der Waals surface area contributed by atoms with E-state index in [-0.39, 0.29) is 12.5 Å². The molecule has 1 aliphatic heterocycles. The number of nitrogens with zero attached hydrogens (tertiary/aromatic N) is 3. The molecule has 0 bridgehead atoms. The van der Waals surface area contributed by atoms with E-state index in [4.69, 9.17) is 0 Å². The van der Waals surface area contributed by atoms with Crippen molar-refractivity contribution in [3.63, 3.8) is 0 Å². The van der Waals surface area contributed by atoms with E-state index in [9.17, 15) is 5.11 Å². The van der Waals surface area contributed by atoms with Crippen LogP contribution in [0.4, 0.5) is 0 Å². The first-order chi connectivity index (χ1) is 6.88. The Morgan fingerprint density at radius 3 is 2.93 bits per heavy atom. The van der Waals surface area contributed by atoms with Crippen LogP contribution in [-0.2, 0) is 6.54 Å². The Labute approximate surface area is 83.0 Å². The summed E-state index contributed by atoms with van der Waals surface area (Å²) in [5.74, 6) is 2.87. The topological polar surface area (TPSA) is 50.9 Å². The molecule has 0 aromatic carbocycles. The largest absolute Gasteiger partial charge is 0.396 e. The molecular formula is C10H15N3O. The number of rotatable bonds is 2. The van der Waals surface area contributed by atoms with E-state index >= 15 is 0 Å². The van der Waals surface area contributed by atoms with Crippen molar-refractivity contribution >= 4 is 0 Å². The van der Waals surface area contributed by atoms with E-state index in [1.54, 1.807) is 0 Å². The number of hydrogen-bond donors (Lipinski definition) is 1. The quantitative estimate of drug-likeness (QED) is 0.763. The molecule has 0 amide bonds. The third kappa shape index (κ3) is 1.25. The lowest BCUT2D eigenvalue weighted by Crippen LogP contribution is -2.19. The Hall–Kier alpha value is -0.900. The maximum absolute atomic E-state index is 9.22. The molecule has 0 spiro atoms. The number of hydrogen-bond acceptors (Lipinski definition) is 3. The number of aliphatic hydroxyl groups is 1. The molecule has 4 heteroatoms. The molecule has 1 fully saturated rings. The average Bonchev–Trinajstić information content (AvgIpc) is 2.97. The van der Waals surface area contributed by atoms with Gasteiger partial charge in [-0.05, 0) is 25.7 Å². The predicted octanol–water partition coefficient (Wildman–Crippen LogP) is 1.03. The molecule has 1 aromatic rings. The second-order valence-corrected chi connectivity index (χ2v) is 4.35. The van der Waals surface area contributed by atoms with E-state index in [0.717, 1.165) is 31.0 Å². The fourth-order valence-corrected chi connectivity index (χ4v) is 2.14. The van der Waals surface area contributed by atoms with Crippen LogP contribution in [0.25, 0.3) is 0 Å². The van der Waals surface area contributed by atoms with Crippen molar-refractivity contribution in [3.05, 3.63) is 11.6 Å². The van der Waals surface area contributed by atoms with Gasteiger partial charge in [-0.25, -0.2) is 9.67 Å². The minimum Gasteiger partial charge on any atom is -0.396 e. The van der Waals surface area contributed by atoms with Gasteiger partial charge in [0.15, 0.2) is 5.82 Å². The van der Waals surface area contributed by atoms with Crippen LogP contribution in [0.2, 0.25) is 0 Å². The predicted molar refractivity (Wildman–Crippen MR) is 51.1 cm³/mol. The molecule has 1 atom stereocenters. The van der Waals surface area contributed by atoms with Crippen LogP contribution in [0.15, 0.2) is 0 Å². The van der Waals surface area contributed by atoms with Crippen molar-refractivity contribution in [1.82, 2.24) is 14.8 Å². The van der Waals surface area contributed by atoms with Gasteiger partial charge >= 0.3 is 0 Å². The van der Waals surface area contributed by atoms with Crippen molar-refractivity contribution < 1.29 is 5.11 Å². The van der Waals surface area contributed by atoms with Crippen molar-refractivity contribution in [3.8, 4) is 0 Å². The summed E-state index contributed by atoms with van der Waals surface area (Å²) in [4.78, 5) is 4.56. The zero-order valence-electron chi connectivity index (χ0n) is 8.19. The zero-order chi connectivity index (χ0) is 9.54. The molecule has 0 saturated heterocycles. The Bertz CT molecular complexity index is 343. The first kappa shape index (κ1) is 8.41. The maximum atomic E-state index is 9.22. The highest BCUT2D eigenvalue weighted by Crippen LogP contribution is 2.39. The standard InChI is InChI=1S/C10H15N3O/c14-6-8-2-1-5-13-10(8)11-9(12-13)7-3-4-7/h7-8,14H,1-6H2. The van der Waals surface area contributed by atoms with E-state index in [1.807, 2.05) is 4.68 Å². The molecule has 1 unspecified atom stereocenters. The van der Waals surface area contributed by atoms with Gasteiger partial charge in [-0.1, -0.05) is 0 Å². The highest BCUT2D eigenvalue weighted by atomic mass is 16.3. The number of aryl methyl sites for hydroxylation is 1. The molecule has 1 aromatic heterocycles. The van der Waals surface area contributed by atoms with Gasteiger partial charge in [-0.3, -0.25) is 0 Å². The second-order valence-electron chi connectivity index (χ2n) is 4.35. The lowest BCUT2D eigenvalue weighted by molar-refractivity contribution is 0.234. The first-order valence-corrected chi connectivity index (χ1v) is 5.44. The van der Waals surface area contributed by atoms with Gasteiger partial charge in [0.05, 0.1) is 6.61 Å². The third-order valence-electron chi connectivity index (χ3n) is 3.17. The molecule has 1 saturated carbocycles. The van der Waals surface area contributed by atoms with Crippen molar-refractivity contribution in [2.24, 2.45) is 0 Å². The van der Waals surface area contributed by atoms with Gasteiger partial charge in [0.25, 0.3) is 0 Å². The summed E-state index contributed by atoms with van der Waals surface area (Å²) in [5.41, 5.74) is 0. The molecule has 14 heavy (non-hydrogen) atoms. The summed E-state index contributed by atoms with van der Waals surface area (Å²) in [6.45, 7) is 1.19. The minimum absolute atomic E-state index is 0.211. The second kappa shape index (κ2) is 3.05. The third-order valence-corrected chi connectivity index (χ3v) is 3.17. The summed E-state index contributed by atoms with van der Waals surface area (Å²) < 4.78 is 2.00. The Morgan fingerprint density at radius 1 is 1.36 bits per heavy atom. The smallest absolute Gasteiger partial charge is 0.154 e. The molecule has 1 aliphatic carbocycles. The summed E-state index contributed by atoms with van der Waals surface area (Å²) in [6, 6.07) is 0. The van der Waals surface area contributed by atoms with Gasteiger partial charge in [0.1, 0.15) is 5.82 Å². The summed E-state index contributed by atoms with van der Waals surface area (Å²) in [5, 5.41) is 13.7. The molecule has 4 nitrogen and oxygen atoms in total. The van der Waals surface area contributed by atoms with E-state index < -0.39 is 0 Å². The zero-order valence-corrected chi connectivity index (χ0v) is 8.19. The van der Waals surface area contributed by atoms with Gasteiger partial charge < -0.3 is 5.11 Å². The first-order valence-electron chi connectivity index (χ1n) is 5.44. The lowest BCUT2D eigenvalue weighted by atomic mass is 10.0. The number of aromatic nitrogens is 3. The van der Waals surface area contributed by atoms with Crippen LogP contribution >= 0.6 is 0 Å². The Morgan fingerprint density at radius 2 is 2.21 bits per heavy atom. The highest BCUT2D eigenvalue weighted by molar-refractivity contribution is 5.10. The Kier molecular flexibility index (Phi) is 1.83. The number of aliphatic hydroxyl groups excluding tert-OH is 1. The van der Waals surface area contributed by atoms with Crippen molar-refractivity contribution in [1.29, 1.82) is 0 Å². The Balaban J connectivity index is 1.95.